The van der Waals surface area contributed by atoms with Gasteiger partial charge in [-0.25, -0.2) is 0 Å². The van der Waals surface area contributed by atoms with Gasteiger partial charge in [0.05, 0.1) is 5.92 Å². The number of hydrogen-bond donors (Lipinski definition) is 1. The highest BCUT2D eigenvalue weighted by molar-refractivity contribution is 5.81. The summed E-state index contributed by atoms with van der Waals surface area (Å²) in [5.41, 5.74) is 0.197. The molecule has 4 heteroatoms. The second kappa shape index (κ2) is 4.48. The molecule has 1 unspecified atom stereocenters. The van der Waals surface area contributed by atoms with Gasteiger partial charge in [0.2, 0.25) is 0 Å². The fourth-order valence-electron chi connectivity index (χ4n) is 0.889. The minimum Gasteiger partial charge on any atom is -0.310 e. The first-order valence-corrected chi connectivity index (χ1v) is 4.01. The number of hydrogen-bond acceptors (Lipinski definition) is 1. The highest BCUT2D eigenvalue weighted by Crippen LogP contribution is 2.28. The lowest BCUT2D eigenvalue weighted by atomic mass is 10.0. The predicted octanol–water partition coefficient (Wildman–Crippen LogP) is 3.39. The van der Waals surface area contributed by atoms with E-state index in [9.17, 15) is 13.2 Å². The normalized spacial score (nSPS) is 14.4. The average Bonchev–Trinajstić information content (AvgIpc) is 1.85. The van der Waals surface area contributed by atoms with Crippen LogP contribution in [0.3, 0.4) is 0 Å². The van der Waals surface area contributed by atoms with Gasteiger partial charge in [0, 0.05) is 5.71 Å². The molecule has 0 aromatic rings. The SMILES string of the molecule is CCCC(=N)CC(C)C(F)(F)F. The first-order valence-electron chi connectivity index (χ1n) is 4.01. The molecule has 12 heavy (non-hydrogen) atoms. The lowest BCUT2D eigenvalue weighted by Gasteiger charge is -2.15. The molecule has 1 N–H and O–H groups in total. The molecule has 72 valence electrons. The van der Waals surface area contributed by atoms with E-state index in [1.165, 1.54) is 0 Å². The molecule has 0 aliphatic carbocycles. The van der Waals surface area contributed by atoms with Crippen LogP contribution in [-0.2, 0) is 0 Å². The number of nitrogens with one attached hydrogen (secondary N) is 1. The molecule has 0 spiro atoms. The van der Waals surface area contributed by atoms with Gasteiger partial charge in [0.1, 0.15) is 0 Å². The van der Waals surface area contributed by atoms with E-state index in [1.54, 1.807) is 0 Å². The molecule has 0 saturated heterocycles. The Bertz CT molecular complexity index is 151. The Balaban J connectivity index is 3.84. The maximum atomic E-state index is 12.0. The maximum Gasteiger partial charge on any atom is 0.391 e. The van der Waals surface area contributed by atoms with Crippen molar-refractivity contribution in [2.75, 3.05) is 0 Å². The number of rotatable bonds is 4. The molecular weight excluding hydrogens is 167 g/mol. The van der Waals surface area contributed by atoms with Crippen LogP contribution in [0.1, 0.15) is 33.1 Å². The fraction of sp³-hybridized carbons (Fsp3) is 0.875. The molecule has 1 nitrogen and oxygen atoms in total. The largest absolute Gasteiger partial charge is 0.391 e. The van der Waals surface area contributed by atoms with Crippen LogP contribution in [0.2, 0.25) is 0 Å². The average molecular weight is 181 g/mol. The van der Waals surface area contributed by atoms with Crippen molar-refractivity contribution in [2.45, 2.75) is 39.3 Å². The van der Waals surface area contributed by atoms with E-state index in [4.69, 9.17) is 5.41 Å². The molecule has 0 aromatic heterocycles. The Labute approximate surface area is 70.5 Å². The van der Waals surface area contributed by atoms with Crippen LogP contribution in [-0.4, -0.2) is 11.9 Å². The van der Waals surface area contributed by atoms with E-state index in [2.05, 4.69) is 0 Å². The third-order valence-electron chi connectivity index (χ3n) is 1.66. The Morgan fingerprint density at radius 1 is 1.42 bits per heavy atom. The molecule has 0 fully saturated rings. The van der Waals surface area contributed by atoms with Gasteiger partial charge in [-0.1, -0.05) is 20.3 Å². The summed E-state index contributed by atoms with van der Waals surface area (Å²) >= 11 is 0. The van der Waals surface area contributed by atoms with Crippen molar-refractivity contribution in [1.29, 1.82) is 5.41 Å². The van der Waals surface area contributed by atoms with Gasteiger partial charge >= 0.3 is 6.18 Å². The summed E-state index contributed by atoms with van der Waals surface area (Å²) in [5, 5.41) is 7.20. The van der Waals surface area contributed by atoms with Crippen molar-refractivity contribution < 1.29 is 13.2 Å². The molecule has 0 amide bonds. The Morgan fingerprint density at radius 2 is 1.92 bits per heavy atom. The highest BCUT2D eigenvalue weighted by Gasteiger charge is 2.35. The second-order valence-electron chi connectivity index (χ2n) is 3.00. The summed E-state index contributed by atoms with van der Waals surface area (Å²) in [7, 11) is 0. The lowest BCUT2D eigenvalue weighted by Crippen LogP contribution is -2.22. The van der Waals surface area contributed by atoms with Crippen molar-refractivity contribution in [3.05, 3.63) is 0 Å². The smallest absolute Gasteiger partial charge is 0.310 e. The molecule has 0 rings (SSSR count). The molecular formula is C8H14F3N. The van der Waals surface area contributed by atoms with E-state index in [0.717, 1.165) is 13.3 Å². The zero-order valence-electron chi connectivity index (χ0n) is 7.33. The Morgan fingerprint density at radius 3 is 2.25 bits per heavy atom. The number of halogens is 3. The molecule has 0 radical (unpaired) electrons. The monoisotopic (exact) mass is 181 g/mol. The van der Waals surface area contributed by atoms with E-state index in [1.807, 2.05) is 6.92 Å². The minimum atomic E-state index is -4.15. The number of alkyl halides is 3. The molecule has 0 heterocycles. The second-order valence-corrected chi connectivity index (χ2v) is 3.00. The van der Waals surface area contributed by atoms with E-state index in [0.29, 0.717) is 6.42 Å². The van der Waals surface area contributed by atoms with Gasteiger partial charge in [0.15, 0.2) is 0 Å². The summed E-state index contributed by atoms with van der Waals surface area (Å²) in [6.07, 6.45) is -3.10. The summed E-state index contributed by atoms with van der Waals surface area (Å²) in [6.45, 7) is 2.97. The Kier molecular flexibility index (Phi) is 4.28. The van der Waals surface area contributed by atoms with Gasteiger partial charge in [0.25, 0.3) is 0 Å². The van der Waals surface area contributed by atoms with Crippen molar-refractivity contribution in [1.82, 2.24) is 0 Å². The van der Waals surface area contributed by atoms with Gasteiger partial charge in [-0.15, -0.1) is 0 Å². The molecule has 0 bridgehead atoms. The summed E-state index contributed by atoms with van der Waals surface area (Å²) in [5.74, 6) is -1.38. The highest BCUT2D eigenvalue weighted by atomic mass is 19.4. The minimum absolute atomic E-state index is 0.155. The van der Waals surface area contributed by atoms with Gasteiger partial charge in [-0.05, 0) is 12.8 Å². The van der Waals surface area contributed by atoms with Gasteiger partial charge in [-0.2, -0.15) is 13.2 Å². The van der Waals surface area contributed by atoms with E-state index >= 15 is 0 Å². The van der Waals surface area contributed by atoms with Crippen LogP contribution in [0.15, 0.2) is 0 Å². The van der Waals surface area contributed by atoms with E-state index < -0.39 is 12.1 Å². The first-order chi connectivity index (χ1) is 5.38. The van der Waals surface area contributed by atoms with Crippen molar-refractivity contribution >= 4 is 5.71 Å². The quantitative estimate of drug-likeness (QED) is 0.643. The van der Waals surface area contributed by atoms with Crippen LogP contribution < -0.4 is 0 Å². The van der Waals surface area contributed by atoms with Gasteiger partial charge in [-0.3, -0.25) is 0 Å². The zero-order valence-corrected chi connectivity index (χ0v) is 7.33. The molecule has 0 saturated carbocycles. The van der Waals surface area contributed by atoms with Crippen LogP contribution in [0.5, 0.6) is 0 Å². The fourth-order valence-corrected chi connectivity index (χ4v) is 0.889. The molecule has 0 aliphatic heterocycles. The van der Waals surface area contributed by atoms with E-state index in [-0.39, 0.29) is 12.1 Å². The standard InChI is InChI=1S/C8H14F3N/c1-3-4-7(12)5-6(2)8(9,10)11/h6,12H,3-5H2,1-2H3. The van der Waals surface area contributed by atoms with Crippen LogP contribution >= 0.6 is 0 Å². The van der Waals surface area contributed by atoms with Crippen molar-refractivity contribution in [3.63, 3.8) is 0 Å². The maximum absolute atomic E-state index is 12.0. The molecule has 1 atom stereocenters. The first kappa shape index (κ1) is 11.5. The third kappa shape index (κ3) is 4.36. The van der Waals surface area contributed by atoms with Crippen molar-refractivity contribution in [3.8, 4) is 0 Å². The predicted molar refractivity (Wildman–Crippen MR) is 42.5 cm³/mol. The summed E-state index contributed by atoms with van der Waals surface area (Å²) in [6, 6.07) is 0. The van der Waals surface area contributed by atoms with Crippen molar-refractivity contribution in [2.24, 2.45) is 5.92 Å². The molecule has 0 aliphatic rings. The lowest BCUT2D eigenvalue weighted by molar-refractivity contribution is -0.167. The third-order valence-corrected chi connectivity index (χ3v) is 1.66. The van der Waals surface area contributed by atoms with Crippen LogP contribution in [0, 0.1) is 11.3 Å². The summed E-state index contributed by atoms with van der Waals surface area (Å²) < 4.78 is 35.9. The van der Waals surface area contributed by atoms with Gasteiger partial charge < -0.3 is 5.41 Å². The molecule has 0 aromatic carbocycles. The zero-order chi connectivity index (χ0) is 9.78. The Hall–Kier alpha value is -0.540. The summed E-state index contributed by atoms with van der Waals surface area (Å²) in [4.78, 5) is 0. The van der Waals surface area contributed by atoms with Crippen LogP contribution in [0.4, 0.5) is 13.2 Å². The van der Waals surface area contributed by atoms with Crippen LogP contribution in [0.25, 0.3) is 0 Å². The topological polar surface area (TPSA) is 23.9 Å².